The van der Waals surface area contributed by atoms with Crippen LogP contribution in [0.3, 0.4) is 0 Å². The monoisotopic (exact) mass is 473 g/mol. The number of benzene rings is 1. The van der Waals surface area contributed by atoms with Crippen molar-refractivity contribution in [2.45, 2.75) is 20.3 Å². The van der Waals surface area contributed by atoms with Gasteiger partial charge in [0.2, 0.25) is 5.91 Å². The highest BCUT2D eigenvalue weighted by Gasteiger charge is 2.33. The average molecular weight is 474 g/mol. The van der Waals surface area contributed by atoms with Crippen molar-refractivity contribution in [3.05, 3.63) is 52.4 Å². The molecule has 0 atom stereocenters. The number of thiocarbonyl (C=S) groups is 1. The Balaban J connectivity index is 1.52. The molecular formula is C23H27N3O4S2. The van der Waals surface area contributed by atoms with Crippen molar-refractivity contribution in [1.29, 1.82) is 0 Å². The van der Waals surface area contributed by atoms with Crippen LogP contribution < -0.4 is 0 Å². The molecule has 170 valence electrons. The Hall–Kier alpha value is -2.65. The molecule has 0 bridgehead atoms. The number of carbonyl (C=O) groups is 3. The highest BCUT2D eigenvalue weighted by molar-refractivity contribution is 8.26. The van der Waals surface area contributed by atoms with Gasteiger partial charge in [0, 0.05) is 39.1 Å². The van der Waals surface area contributed by atoms with Gasteiger partial charge in [0.25, 0.3) is 5.91 Å². The third kappa shape index (κ3) is 6.20. The molecule has 9 heteroatoms. The quantitative estimate of drug-likeness (QED) is 0.465. The molecule has 1 aromatic carbocycles. The molecule has 0 spiro atoms. The van der Waals surface area contributed by atoms with E-state index < -0.39 is 0 Å². The lowest BCUT2D eigenvalue weighted by Crippen LogP contribution is -2.51. The smallest absolute Gasteiger partial charge is 0.409 e. The number of carbonyl (C=O) groups excluding carboxylic acids is 3. The van der Waals surface area contributed by atoms with Crippen molar-refractivity contribution in [3.8, 4) is 0 Å². The first-order valence-electron chi connectivity index (χ1n) is 10.6. The van der Waals surface area contributed by atoms with Crippen molar-refractivity contribution < 1.29 is 19.1 Å². The van der Waals surface area contributed by atoms with E-state index in [0.29, 0.717) is 42.0 Å². The zero-order chi connectivity index (χ0) is 23.1. The Morgan fingerprint density at radius 2 is 1.78 bits per heavy atom. The number of rotatable bonds is 6. The van der Waals surface area contributed by atoms with Gasteiger partial charge in [0.1, 0.15) is 4.32 Å². The number of allylic oxidation sites excluding steroid dienone is 2. The first-order valence-corrected chi connectivity index (χ1v) is 11.8. The second kappa shape index (κ2) is 11.3. The van der Waals surface area contributed by atoms with E-state index in [1.54, 1.807) is 16.7 Å². The van der Waals surface area contributed by atoms with Gasteiger partial charge in [-0.3, -0.25) is 14.5 Å². The SMILES string of the molecule is CCOC(=O)N1CCN(C(=O)CCN2C(=O)C(=CC(C)=Cc3ccccc3)SC2=S)CC1. The maximum Gasteiger partial charge on any atom is 0.409 e. The van der Waals surface area contributed by atoms with Crippen LogP contribution in [0, 0.1) is 0 Å². The van der Waals surface area contributed by atoms with Crippen molar-refractivity contribution in [1.82, 2.24) is 14.7 Å². The maximum absolute atomic E-state index is 12.8. The maximum atomic E-state index is 12.8. The summed E-state index contributed by atoms with van der Waals surface area (Å²) >= 11 is 6.64. The number of amides is 3. The Morgan fingerprint density at radius 3 is 2.44 bits per heavy atom. The van der Waals surface area contributed by atoms with Gasteiger partial charge in [-0.15, -0.1) is 0 Å². The Labute approximate surface area is 198 Å². The van der Waals surface area contributed by atoms with E-state index in [2.05, 4.69) is 0 Å². The van der Waals surface area contributed by atoms with Gasteiger partial charge in [-0.1, -0.05) is 60.4 Å². The average Bonchev–Trinajstić information content (AvgIpc) is 3.05. The topological polar surface area (TPSA) is 70.2 Å². The van der Waals surface area contributed by atoms with Gasteiger partial charge >= 0.3 is 6.09 Å². The van der Waals surface area contributed by atoms with Gasteiger partial charge in [-0.2, -0.15) is 0 Å². The van der Waals surface area contributed by atoms with E-state index in [9.17, 15) is 14.4 Å². The summed E-state index contributed by atoms with van der Waals surface area (Å²) < 4.78 is 5.47. The van der Waals surface area contributed by atoms with E-state index >= 15 is 0 Å². The minimum atomic E-state index is -0.347. The molecule has 32 heavy (non-hydrogen) atoms. The standard InChI is InChI=1S/C23H27N3O4S2/c1-3-30-22(29)25-13-11-24(12-14-25)20(27)9-10-26-21(28)19(32-23(26)31)16-17(2)15-18-7-5-4-6-8-18/h4-8,15-16H,3,9-14H2,1-2H3. The van der Waals surface area contributed by atoms with Crippen molar-refractivity contribution in [3.63, 3.8) is 0 Å². The molecule has 0 N–H and O–H groups in total. The lowest BCUT2D eigenvalue weighted by molar-refractivity contribution is -0.133. The van der Waals surface area contributed by atoms with E-state index in [1.165, 1.54) is 16.7 Å². The van der Waals surface area contributed by atoms with Crippen LogP contribution in [-0.4, -0.2) is 76.3 Å². The zero-order valence-electron chi connectivity index (χ0n) is 18.3. The van der Waals surface area contributed by atoms with Gasteiger partial charge in [0.05, 0.1) is 11.5 Å². The summed E-state index contributed by atoms with van der Waals surface area (Å²) in [7, 11) is 0. The molecule has 7 nitrogen and oxygen atoms in total. The van der Waals surface area contributed by atoms with Gasteiger partial charge in [-0.25, -0.2) is 4.79 Å². The van der Waals surface area contributed by atoms with Gasteiger partial charge in [0.15, 0.2) is 0 Å². The second-order valence-corrected chi connectivity index (χ2v) is 9.12. The number of hydrogen-bond donors (Lipinski definition) is 0. The van der Waals surface area contributed by atoms with Crippen LogP contribution in [0.1, 0.15) is 25.8 Å². The van der Waals surface area contributed by atoms with E-state index in [-0.39, 0.29) is 30.9 Å². The molecule has 2 aliphatic heterocycles. The molecule has 2 fully saturated rings. The zero-order valence-corrected chi connectivity index (χ0v) is 19.9. The Kier molecular flexibility index (Phi) is 8.46. The van der Waals surface area contributed by atoms with Crippen LogP contribution in [0.2, 0.25) is 0 Å². The highest BCUT2D eigenvalue weighted by Crippen LogP contribution is 2.32. The fourth-order valence-electron chi connectivity index (χ4n) is 3.47. The van der Waals surface area contributed by atoms with Crippen LogP contribution in [-0.2, 0) is 14.3 Å². The summed E-state index contributed by atoms with van der Waals surface area (Å²) in [6.07, 6.45) is 3.69. The van der Waals surface area contributed by atoms with Crippen LogP contribution in [0.25, 0.3) is 6.08 Å². The molecule has 1 aromatic rings. The predicted molar refractivity (Wildman–Crippen MR) is 130 cm³/mol. The second-order valence-electron chi connectivity index (χ2n) is 7.45. The molecule has 0 aromatic heterocycles. The largest absolute Gasteiger partial charge is 0.450 e. The molecule has 0 saturated carbocycles. The van der Waals surface area contributed by atoms with E-state index in [1.807, 2.05) is 49.4 Å². The summed E-state index contributed by atoms with van der Waals surface area (Å²) in [5.41, 5.74) is 2.01. The molecule has 3 rings (SSSR count). The first kappa shape index (κ1) is 24.0. The normalized spacial score (nSPS) is 18.5. The third-order valence-electron chi connectivity index (χ3n) is 5.13. The van der Waals surface area contributed by atoms with Crippen LogP contribution in [0.15, 0.2) is 46.9 Å². The summed E-state index contributed by atoms with van der Waals surface area (Å²) in [5.74, 6) is -0.215. The number of piperazine rings is 1. The summed E-state index contributed by atoms with van der Waals surface area (Å²) in [6, 6.07) is 9.89. The number of thioether (sulfide) groups is 1. The van der Waals surface area contributed by atoms with Crippen molar-refractivity contribution in [2.75, 3.05) is 39.3 Å². The summed E-state index contributed by atoms with van der Waals surface area (Å²) in [4.78, 5) is 42.6. The van der Waals surface area contributed by atoms with Gasteiger partial charge in [-0.05, 0) is 31.1 Å². The van der Waals surface area contributed by atoms with Crippen LogP contribution in [0.4, 0.5) is 4.79 Å². The molecular weight excluding hydrogens is 446 g/mol. The predicted octanol–water partition coefficient (Wildman–Crippen LogP) is 3.52. The number of nitrogens with zero attached hydrogens (tertiary/aromatic N) is 3. The molecule has 2 aliphatic rings. The minimum Gasteiger partial charge on any atom is -0.450 e. The first-order chi connectivity index (χ1) is 15.4. The summed E-state index contributed by atoms with van der Waals surface area (Å²) in [5, 5.41) is 0. The molecule has 0 radical (unpaired) electrons. The molecule has 0 aliphatic carbocycles. The summed E-state index contributed by atoms with van der Waals surface area (Å²) in [6.45, 7) is 6.10. The minimum absolute atomic E-state index is 0.0494. The number of hydrogen-bond acceptors (Lipinski definition) is 6. The molecule has 2 heterocycles. The van der Waals surface area contributed by atoms with Crippen molar-refractivity contribution in [2.24, 2.45) is 0 Å². The highest BCUT2D eigenvalue weighted by atomic mass is 32.2. The fraction of sp³-hybridized carbons (Fsp3) is 0.391. The molecule has 2 saturated heterocycles. The van der Waals surface area contributed by atoms with Gasteiger partial charge < -0.3 is 14.5 Å². The fourth-order valence-corrected chi connectivity index (χ4v) is 4.83. The van der Waals surface area contributed by atoms with Crippen LogP contribution in [0.5, 0.6) is 0 Å². The Morgan fingerprint density at radius 1 is 1.12 bits per heavy atom. The lowest BCUT2D eigenvalue weighted by Gasteiger charge is -2.34. The third-order valence-corrected chi connectivity index (χ3v) is 6.51. The van der Waals surface area contributed by atoms with Crippen molar-refractivity contribution >= 4 is 52.3 Å². The molecule has 3 amide bonds. The molecule has 0 unspecified atom stereocenters. The lowest BCUT2D eigenvalue weighted by atomic mass is 10.1. The van der Waals surface area contributed by atoms with E-state index in [0.717, 1.165) is 11.1 Å². The van der Waals surface area contributed by atoms with E-state index in [4.69, 9.17) is 17.0 Å². The van der Waals surface area contributed by atoms with Crippen LogP contribution >= 0.6 is 24.0 Å². The Bertz CT molecular complexity index is 938. The number of ether oxygens (including phenoxy) is 1.